The highest BCUT2D eigenvalue weighted by Gasteiger charge is 2.05. The minimum atomic E-state index is 0.190. The molecule has 0 aliphatic rings. The number of anilines is 3. The monoisotopic (exact) mass is 264 g/mol. The third-order valence-electron chi connectivity index (χ3n) is 2.43. The van der Waals surface area contributed by atoms with Gasteiger partial charge in [0.2, 0.25) is 5.95 Å². The molecule has 0 amide bonds. The summed E-state index contributed by atoms with van der Waals surface area (Å²) in [5, 5.41) is 15.2. The highest BCUT2D eigenvalue weighted by Crippen LogP contribution is 2.19. The predicted molar refractivity (Wildman–Crippen MR) is 78.7 cm³/mol. The second-order valence-corrected chi connectivity index (χ2v) is 3.83. The maximum absolute atomic E-state index is 9.22. The molecule has 0 fully saturated rings. The zero-order chi connectivity index (χ0) is 14.4. The Kier molecular flexibility index (Phi) is 4.06. The van der Waals surface area contributed by atoms with Crippen LogP contribution in [0.15, 0.2) is 30.5 Å². The summed E-state index contributed by atoms with van der Waals surface area (Å²) in [6.45, 7) is 0.324. The van der Waals surface area contributed by atoms with E-state index in [0.717, 1.165) is 5.69 Å². The third kappa shape index (κ3) is 3.18. The normalized spacial score (nSPS) is 9.30. The van der Waals surface area contributed by atoms with Gasteiger partial charge in [0.15, 0.2) is 0 Å². The minimum absolute atomic E-state index is 0.190. The van der Waals surface area contributed by atoms with Crippen LogP contribution in [0.2, 0.25) is 0 Å². The number of benzene rings is 1. The first-order chi connectivity index (χ1) is 9.72. The van der Waals surface area contributed by atoms with Gasteiger partial charge in [-0.3, -0.25) is 0 Å². The van der Waals surface area contributed by atoms with Crippen LogP contribution in [0.4, 0.5) is 17.5 Å². The topological polar surface area (TPSA) is 70.1 Å². The van der Waals surface area contributed by atoms with Crippen molar-refractivity contribution >= 4 is 17.5 Å². The molecule has 0 radical (unpaired) electrons. The molecule has 0 saturated carbocycles. The van der Waals surface area contributed by atoms with Crippen molar-refractivity contribution in [3.8, 4) is 30.4 Å². The summed E-state index contributed by atoms with van der Waals surface area (Å²) in [6.07, 6.45) is 12.1. The molecule has 2 rings (SSSR count). The SMILES string of the molecule is C#CCNc1nc(Nc2ccc(O)cc2)ncc1C#C. The zero-order valence-corrected chi connectivity index (χ0v) is 10.6. The molecule has 5 heteroatoms. The highest BCUT2D eigenvalue weighted by molar-refractivity contribution is 5.59. The van der Waals surface area contributed by atoms with E-state index in [1.54, 1.807) is 24.3 Å². The van der Waals surface area contributed by atoms with Crippen molar-refractivity contribution in [1.29, 1.82) is 0 Å². The van der Waals surface area contributed by atoms with E-state index in [-0.39, 0.29) is 5.75 Å². The lowest BCUT2D eigenvalue weighted by Crippen LogP contribution is -2.06. The molecule has 0 aliphatic heterocycles. The summed E-state index contributed by atoms with van der Waals surface area (Å²) >= 11 is 0. The molecule has 0 saturated heterocycles. The van der Waals surface area contributed by atoms with E-state index in [2.05, 4.69) is 32.4 Å². The van der Waals surface area contributed by atoms with Crippen LogP contribution in [0.5, 0.6) is 5.75 Å². The molecule has 0 atom stereocenters. The number of hydrogen-bond donors (Lipinski definition) is 3. The Hall–Kier alpha value is -3.18. The van der Waals surface area contributed by atoms with Gasteiger partial charge in [-0.15, -0.1) is 12.8 Å². The fourth-order valence-corrected chi connectivity index (χ4v) is 1.49. The quantitative estimate of drug-likeness (QED) is 0.581. The van der Waals surface area contributed by atoms with Gasteiger partial charge in [0.05, 0.1) is 18.3 Å². The highest BCUT2D eigenvalue weighted by atomic mass is 16.3. The maximum Gasteiger partial charge on any atom is 0.229 e. The second-order valence-electron chi connectivity index (χ2n) is 3.83. The number of hydrogen-bond acceptors (Lipinski definition) is 5. The zero-order valence-electron chi connectivity index (χ0n) is 10.6. The number of nitrogens with zero attached hydrogens (tertiary/aromatic N) is 2. The Morgan fingerprint density at radius 3 is 2.60 bits per heavy atom. The van der Waals surface area contributed by atoms with E-state index in [1.165, 1.54) is 6.20 Å². The number of phenolic OH excluding ortho intramolecular Hbond substituents is 1. The van der Waals surface area contributed by atoms with Crippen molar-refractivity contribution < 1.29 is 5.11 Å². The lowest BCUT2D eigenvalue weighted by molar-refractivity contribution is 0.475. The summed E-state index contributed by atoms with van der Waals surface area (Å²) in [5.74, 6) is 6.02. The van der Waals surface area contributed by atoms with Crippen molar-refractivity contribution in [3.05, 3.63) is 36.0 Å². The van der Waals surface area contributed by atoms with Crippen LogP contribution < -0.4 is 10.6 Å². The third-order valence-corrected chi connectivity index (χ3v) is 2.43. The van der Waals surface area contributed by atoms with Crippen LogP contribution in [0, 0.1) is 24.7 Å². The Labute approximate surface area is 117 Å². The molecular formula is C15H12N4O. The number of nitrogens with one attached hydrogen (secondary N) is 2. The number of aromatic hydroxyl groups is 1. The van der Waals surface area contributed by atoms with Crippen molar-refractivity contribution in [2.75, 3.05) is 17.2 Å². The summed E-state index contributed by atoms with van der Waals surface area (Å²) in [6, 6.07) is 6.55. The molecule has 1 aromatic carbocycles. The van der Waals surface area contributed by atoms with E-state index in [4.69, 9.17) is 12.8 Å². The average molecular weight is 264 g/mol. The van der Waals surface area contributed by atoms with Crippen LogP contribution in [-0.4, -0.2) is 21.6 Å². The molecule has 0 spiro atoms. The fraction of sp³-hybridized carbons (Fsp3) is 0.0667. The van der Waals surface area contributed by atoms with Gasteiger partial charge in [-0.25, -0.2) is 4.98 Å². The van der Waals surface area contributed by atoms with Gasteiger partial charge >= 0.3 is 0 Å². The molecule has 2 aromatic rings. The Morgan fingerprint density at radius 2 is 1.95 bits per heavy atom. The Bertz CT molecular complexity index is 681. The van der Waals surface area contributed by atoms with E-state index in [1.807, 2.05) is 0 Å². The molecule has 1 aromatic heterocycles. The molecule has 0 unspecified atom stereocenters. The second kappa shape index (κ2) is 6.12. The largest absolute Gasteiger partial charge is 0.508 e. The molecule has 20 heavy (non-hydrogen) atoms. The number of aromatic nitrogens is 2. The van der Waals surface area contributed by atoms with Crippen molar-refractivity contribution in [2.24, 2.45) is 0 Å². The molecule has 98 valence electrons. The summed E-state index contributed by atoms with van der Waals surface area (Å²) in [4.78, 5) is 8.38. The minimum Gasteiger partial charge on any atom is -0.508 e. The Morgan fingerprint density at radius 1 is 1.20 bits per heavy atom. The number of rotatable bonds is 4. The molecular weight excluding hydrogens is 252 g/mol. The van der Waals surface area contributed by atoms with Gasteiger partial charge in [0, 0.05) is 5.69 Å². The van der Waals surface area contributed by atoms with Crippen LogP contribution in [0.1, 0.15) is 5.56 Å². The summed E-state index contributed by atoms with van der Waals surface area (Å²) in [5.41, 5.74) is 1.29. The smallest absolute Gasteiger partial charge is 0.229 e. The van der Waals surface area contributed by atoms with E-state index >= 15 is 0 Å². The van der Waals surface area contributed by atoms with E-state index < -0.39 is 0 Å². The van der Waals surface area contributed by atoms with Gasteiger partial charge in [-0.05, 0) is 24.3 Å². The van der Waals surface area contributed by atoms with Crippen molar-refractivity contribution in [2.45, 2.75) is 0 Å². The molecule has 0 aliphatic carbocycles. The van der Waals surface area contributed by atoms with Crippen LogP contribution in [-0.2, 0) is 0 Å². The number of phenols is 1. The lowest BCUT2D eigenvalue weighted by atomic mass is 10.3. The summed E-state index contributed by atoms with van der Waals surface area (Å²) < 4.78 is 0. The van der Waals surface area contributed by atoms with Crippen molar-refractivity contribution in [3.63, 3.8) is 0 Å². The molecule has 1 heterocycles. The van der Waals surface area contributed by atoms with Crippen LogP contribution in [0.25, 0.3) is 0 Å². The molecule has 5 nitrogen and oxygen atoms in total. The number of terminal acetylenes is 2. The maximum atomic E-state index is 9.22. The average Bonchev–Trinajstić information content (AvgIpc) is 2.47. The Balaban J connectivity index is 2.22. The van der Waals surface area contributed by atoms with Gasteiger partial charge in [0.25, 0.3) is 0 Å². The van der Waals surface area contributed by atoms with Gasteiger partial charge in [-0.2, -0.15) is 4.98 Å². The van der Waals surface area contributed by atoms with Gasteiger partial charge in [-0.1, -0.05) is 11.8 Å². The first-order valence-corrected chi connectivity index (χ1v) is 5.80. The van der Waals surface area contributed by atoms with Crippen molar-refractivity contribution in [1.82, 2.24) is 9.97 Å². The molecule has 3 N–H and O–H groups in total. The van der Waals surface area contributed by atoms with E-state index in [0.29, 0.717) is 23.9 Å². The standard InChI is InChI=1S/C15H12N4O/c1-3-9-16-14-11(4-2)10-17-15(19-14)18-12-5-7-13(20)8-6-12/h1-2,5-8,10,20H,9H2,(H2,16,17,18,19). The van der Waals surface area contributed by atoms with Crippen LogP contribution >= 0.6 is 0 Å². The molecule has 0 bridgehead atoms. The predicted octanol–water partition coefficient (Wildman–Crippen LogP) is 1.95. The van der Waals surface area contributed by atoms with Gasteiger partial charge in [0.1, 0.15) is 11.6 Å². The van der Waals surface area contributed by atoms with E-state index in [9.17, 15) is 5.11 Å². The van der Waals surface area contributed by atoms with Crippen LogP contribution in [0.3, 0.4) is 0 Å². The van der Waals surface area contributed by atoms with Gasteiger partial charge < -0.3 is 15.7 Å². The lowest BCUT2D eigenvalue weighted by Gasteiger charge is -2.09. The summed E-state index contributed by atoms with van der Waals surface area (Å²) in [7, 11) is 0. The first kappa shape index (κ1) is 13.3. The fourth-order valence-electron chi connectivity index (χ4n) is 1.49. The first-order valence-electron chi connectivity index (χ1n) is 5.80.